The summed E-state index contributed by atoms with van der Waals surface area (Å²) in [4.78, 5) is 0. The quantitative estimate of drug-likeness (QED) is 0.161. The average molecular weight is 356 g/mol. The Hall–Kier alpha value is 0.650. The van der Waals surface area contributed by atoms with Gasteiger partial charge in [-0.15, -0.1) is 6.58 Å². The SMILES string of the molecule is C=CCCCCCCCCCCCCCCCCS(=O)(=O)O.[Na]. The van der Waals surface area contributed by atoms with Crippen molar-refractivity contribution in [1.82, 2.24) is 0 Å². The predicted molar refractivity (Wildman–Crippen MR) is 102 cm³/mol. The number of allylic oxidation sites excluding steroid dienone is 1. The first-order valence-corrected chi connectivity index (χ1v) is 10.7. The second kappa shape index (κ2) is 19.0. The van der Waals surface area contributed by atoms with Crippen LogP contribution >= 0.6 is 0 Å². The fraction of sp³-hybridized carbons (Fsp3) is 0.889. The van der Waals surface area contributed by atoms with Gasteiger partial charge >= 0.3 is 0 Å². The number of unbranched alkanes of at least 4 members (excludes halogenated alkanes) is 14. The van der Waals surface area contributed by atoms with Crippen LogP contribution < -0.4 is 0 Å². The first-order chi connectivity index (χ1) is 10.6. The molecule has 0 aliphatic rings. The van der Waals surface area contributed by atoms with Gasteiger partial charge in [-0.2, -0.15) is 8.42 Å². The Bertz CT molecular complexity index is 342. The molecule has 3 nitrogen and oxygen atoms in total. The van der Waals surface area contributed by atoms with E-state index in [9.17, 15) is 8.42 Å². The van der Waals surface area contributed by atoms with E-state index in [1.54, 1.807) is 0 Å². The molecule has 0 amide bonds. The number of hydrogen-bond donors (Lipinski definition) is 1. The van der Waals surface area contributed by atoms with E-state index >= 15 is 0 Å². The van der Waals surface area contributed by atoms with Crippen molar-refractivity contribution >= 4 is 39.7 Å². The van der Waals surface area contributed by atoms with E-state index in [2.05, 4.69) is 6.58 Å². The fourth-order valence-electron chi connectivity index (χ4n) is 2.69. The van der Waals surface area contributed by atoms with Crippen molar-refractivity contribution in [3.8, 4) is 0 Å². The third-order valence-electron chi connectivity index (χ3n) is 4.06. The van der Waals surface area contributed by atoms with Crippen LogP contribution in [0.4, 0.5) is 0 Å². The minimum Gasteiger partial charge on any atom is -0.286 e. The third-order valence-corrected chi connectivity index (χ3v) is 4.87. The van der Waals surface area contributed by atoms with E-state index in [-0.39, 0.29) is 35.3 Å². The summed E-state index contributed by atoms with van der Waals surface area (Å²) in [5.74, 6) is -0.0827. The van der Waals surface area contributed by atoms with E-state index in [0.717, 1.165) is 19.3 Å². The van der Waals surface area contributed by atoms with Gasteiger partial charge in [0.2, 0.25) is 0 Å². The summed E-state index contributed by atoms with van der Waals surface area (Å²) >= 11 is 0. The largest absolute Gasteiger partial charge is 0.286 e. The van der Waals surface area contributed by atoms with Gasteiger partial charge in [-0.1, -0.05) is 83.1 Å². The average Bonchev–Trinajstić information content (AvgIpc) is 2.45. The van der Waals surface area contributed by atoms with Crippen molar-refractivity contribution in [2.24, 2.45) is 0 Å². The molecular formula is C18H36NaO3S. The molecule has 5 heteroatoms. The maximum atomic E-state index is 10.5. The Labute approximate surface area is 166 Å². The van der Waals surface area contributed by atoms with Gasteiger partial charge in [-0.05, 0) is 19.3 Å². The molecule has 0 spiro atoms. The van der Waals surface area contributed by atoms with Crippen LogP contribution in [-0.4, -0.2) is 48.3 Å². The molecule has 0 fully saturated rings. The Kier molecular flexibility index (Phi) is 21.4. The zero-order valence-electron chi connectivity index (χ0n) is 15.3. The van der Waals surface area contributed by atoms with Gasteiger partial charge in [0.05, 0.1) is 5.75 Å². The van der Waals surface area contributed by atoms with Gasteiger partial charge in [-0.3, -0.25) is 4.55 Å². The summed E-state index contributed by atoms with van der Waals surface area (Å²) in [5, 5.41) is 0. The summed E-state index contributed by atoms with van der Waals surface area (Å²) in [6.45, 7) is 3.74. The second-order valence-electron chi connectivity index (χ2n) is 6.31. The molecule has 1 radical (unpaired) electrons. The Balaban J connectivity index is 0. The standard InChI is InChI=1S/C18H36O3S.Na/c1-2-3-4-5-6-7-8-9-10-11-12-13-14-15-16-17-18-22(19,20)21;/h2H,1,3-18H2,(H,19,20,21);. The zero-order chi connectivity index (χ0) is 16.5. The van der Waals surface area contributed by atoms with E-state index < -0.39 is 10.1 Å². The van der Waals surface area contributed by atoms with Crippen molar-refractivity contribution in [2.75, 3.05) is 5.75 Å². The molecular weight excluding hydrogens is 319 g/mol. The van der Waals surface area contributed by atoms with E-state index in [0.29, 0.717) is 6.42 Å². The topological polar surface area (TPSA) is 54.4 Å². The second-order valence-corrected chi connectivity index (χ2v) is 7.89. The van der Waals surface area contributed by atoms with Gasteiger partial charge < -0.3 is 0 Å². The van der Waals surface area contributed by atoms with Crippen LogP contribution in [0, 0.1) is 0 Å². The Morgan fingerprint density at radius 2 is 0.957 bits per heavy atom. The van der Waals surface area contributed by atoms with Crippen molar-refractivity contribution in [2.45, 2.75) is 96.3 Å². The van der Waals surface area contributed by atoms with E-state index in [1.165, 1.54) is 70.6 Å². The molecule has 0 atom stereocenters. The van der Waals surface area contributed by atoms with Crippen molar-refractivity contribution < 1.29 is 13.0 Å². The van der Waals surface area contributed by atoms with Crippen molar-refractivity contribution in [3.63, 3.8) is 0 Å². The molecule has 0 aromatic rings. The molecule has 0 saturated carbocycles. The third kappa shape index (κ3) is 25.0. The number of hydrogen-bond acceptors (Lipinski definition) is 2. The molecule has 0 bridgehead atoms. The van der Waals surface area contributed by atoms with E-state index in [4.69, 9.17) is 4.55 Å². The molecule has 0 unspecified atom stereocenters. The van der Waals surface area contributed by atoms with Gasteiger partial charge in [0.15, 0.2) is 0 Å². The normalized spacial score (nSPS) is 11.2. The van der Waals surface area contributed by atoms with Crippen molar-refractivity contribution in [3.05, 3.63) is 12.7 Å². The summed E-state index contributed by atoms with van der Waals surface area (Å²) in [5.41, 5.74) is 0. The summed E-state index contributed by atoms with van der Waals surface area (Å²) in [6.07, 6.45) is 20.3. The van der Waals surface area contributed by atoms with Crippen molar-refractivity contribution in [1.29, 1.82) is 0 Å². The first kappa shape index (κ1) is 25.9. The van der Waals surface area contributed by atoms with Gasteiger partial charge in [0.25, 0.3) is 10.1 Å². The van der Waals surface area contributed by atoms with E-state index in [1.807, 2.05) is 6.08 Å². The molecule has 0 aliphatic carbocycles. The Morgan fingerprint density at radius 1 is 0.652 bits per heavy atom. The monoisotopic (exact) mass is 355 g/mol. The maximum Gasteiger partial charge on any atom is 0.264 e. The Morgan fingerprint density at radius 3 is 1.26 bits per heavy atom. The molecule has 23 heavy (non-hydrogen) atoms. The summed E-state index contributed by atoms with van der Waals surface area (Å²) in [6, 6.07) is 0. The molecule has 0 rings (SSSR count). The van der Waals surface area contributed by atoms with Crippen LogP contribution in [0.2, 0.25) is 0 Å². The van der Waals surface area contributed by atoms with Crippen LogP contribution in [0.1, 0.15) is 96.3 Å². The minimum absolute atomic E-state index is 0. The van der Waals surface area contributed by atoms with Crippen LogP contribution in [-0.2, 0) is 10.1 Å². The molecule has 0 heterocycles. The molecule has 0 saturated heterocycles. The molecule has 0 aliphatic heterocycles. The molecule has 133 valence electrons. The van der Waals surface area contributed by atoms with Gasteiger partial charge in [-0.25, -0.2) is 0 Å². The van der Waals surface area contributed by atoms with Gasteiger partial charge in [0, 0.05) is 29.6 Å². The van der Waals surface area contributed by atoms with Gasteiger partial charge in [0.1, 0.15) is 0 Å². The predicted octanol–water partition coefficient (Wildman–Crippen LogP) is 5.53. The zero-order valence-corrected chi connectivity index (χ0v) is 18.1. The smallest absolute Gasteiger partial charge is 0.264 e. The molecule has 1 N–H and O–H groups in total. The van der Waals surface area contributed by atoms with Crippen LogP contribution in [0.5, 0.6) is 0 Å². The minimum atomic E-state index is -3.75. The summed E-state index contributed by atoms with van der Waals surface area (Å²) < 4.78 is 29.7. The molecule has 0 aromatic carbocycles. The summed E-state index contributed by atoms with van der Waals surface area (Å²) in [7, 11) is -3.75. The van der Waals surface area contributed by atoms with Crippen LogP contribution in [0.3, 0.4) is 0 Å². The molecule has 0 aromatic heterocycles. The number of rotatable bonds is 17. The van der Waals surface area contributed by atoms with Crippen LogP contribution in [0.15, 0.2) is 12.7 Å². The first-order valence-electron chi connectivity index (χ1n) is 9.12. The van der Waals surface area contributed by atoms with Crippen LogP contribution in [0.25, 0.3) is 0 Å². The fourth-order valence-corrected chi connectivity index (χ4v) is 3.26. The maximum absolute atomic E-state index is 10.5.